The first-order valence-electron chi connectivity index (χ1n) is 12.3. The number of halogens is 6. The van der Waals surface area contributed by atoms with Crippen LogP contribution in [0.15, 0.2) is 48.5 Å². The number of nitrogens with zero attached hydrogens (tertiary/aromatic N) is 2. The number of hydrogen-bond donors (Lipinski definition) is 0. The minimum atomic E-state index is -4.54. The average Bonchev–Trinajstić information content (AvgIpc) is 3.72. The van der Waals surface area contributed by atoms with Gasteiger partial charge in [0, 0.05) is 13.5 Å². The van der Waals surface area contributed by atoms with Crippen LogP contribution in [-0.2, 0) is 23.8 Å². The van der Waals surface area contributed by atoms with Crippen LogP contribution in [0.4, 0.5) is 26.3 Å². The quantitative estimate of drug-likeness (QED) is 0.321. The zero-order chi connectivity index (χ0) is 26.6. The van der Waals surface area contributed by atoms with Crippen molar-refractivity contribution >= 4 is 0 Å². The van der Waals surface area contributed by atoms with Gasteiger partial charge in [0.05, 0.1) is 16.9 Å². The Bertz CT molecular complexity index is 1040. The molecule has 2 saturated carbocycles. The minimum Gasteiger partial charge on any atom is -0.299 e. The number of rotatable bonds is 9. The van der Waals surface area contributed by atoms with E-state index in [4.69, 9.17) is 5.26 Å². The highest BCUT2D eigenvalue weighted by Crippen LogP contribution is 2.66. The summed E-state index contributed by atoms with van der Waals surface area (Å²) < 4.78 is 83.1. The number of nitriles is 1. The first-order valence-corrected chi connectivity index (χ1v) is 12.3. The zero-order valence-corrected chi connectivity index (χ0v) is 20.6. The lowest BCUT2D eigenvalue weighted by Crippen LogP contribution is -2.35. The lowest BCUT2D eigenvalue weighted by atomic mass is 9.81. The molecule has 2 aliphatic rings. The fourth-order valence-electron chi connectivity index (χ4n) is 4.92. The van der Waals surface area contributed by atoms with Gasteiger partial charge < -0.3 is 0 Å². The van der Waals surface area contributed by atoms with E-state index in [0.29, 0.717) is 12.0 Å². The first kappa shape index (κ1) is 28.0. The number of alkyl halides is 6. The van der Waals surface area contributed by atoms with Crippen LogP contribution in [0.3, 0.4) is 0 Å². The molecule has 0 heterocycles. The number of benzene rings is 2. The van der Waals surface area contributed by atoms with Crippen molar-refractivity contribution in [1.82, 2.24) is 4.90 Å². The van der Waals surface area contributed by atoms with Gasteiger partial charge in [0.2, 0.25) is 0 Å². The number of aryl methyl sites for hydroxylation is 1. The van der Waals surface area contributed by atoms with Crippen LogP contribution in [0.1, 0.15) is 68.2 Å². The van der Waals surface area contributed by atoms with Crippen molar-refractivity contribution in [1.29, 1.82) is 5.26 Å². The molecule has 2 aromatic rings. The second kappa shape index (κ2) is 10.8. The summed E-state index contributed by atoms with van der Waals surface area (Å²) in [5.41, 5.74) is -2.67. The van der Waals surface area contributed by atoms with E-state index in [9.17, 15) is 26.3 Å². The summed E-state index contributed by atoms with van der Waals surface area (Å²) in [6.07, 6.45) is -8.37. The summed E-state index contributed by atoms with van der Waals surface area (Å²) in [6, 6.07) is 16.1. The Kier molecular flexibility index (Phi) is 8.44. The van der Waals surface area contributed by atoms with Gasteiger partial charge in [0.1, 0.15) is 0 Å². The molecule has 4 rings (SSSR count). The maximum absolute atomic E-state index is 13.9. The molecule has 36 heavy (non-hydrogen) atoms. The third-order valence-corrected chi connectivity index (χ3v) is 7.34. The lowest BCUT2D eigenvalue weighted by Gasteiger charge is -2.29. The molecule has 0 spiro atoms. The van der Waals surface area contributed by atoms with Gasteiger partial charge in [-0.15, -0.1) is 0 Å². The fourth-order valence-corrected chi connectivity index (χ4v) is 4.92. The molecule has 196 valence electrons. The molecule has 0 saturated heterocycles. The summed E-state index contributed by atoms with van der Waals surface area (Å²) in [4.78, 5) is 2.26. The highest BCUT2D eigenvalue weighted by Gasteiger charge is 2.70. The summed E-state index contributed by atoms with van der Waals surface area (Å²) in [5, 5.41) is 7.32. The Morgan fingerprint density at radius 1 is 0.833 bits per heavy atom. The molecule has 0 aromatic heterocycles. The van der Waals surface area contributed by atoms with E-state index in [1.54, 1.807) is 12.1 Å². The van der Waals surface area contributed by atoms with Crippen LogP contribution >= 0.6 is 0 Å². The Morgan fingerprint density at radius 3 is 1.83 bits per heavy atom. The highest BCUT2D eigenvalue weighted by molar-refractivity contribution is 5.50. The van der Waals surface area contributed by atoms with Crippen molar-refractivity contribution in [3.8, 4) is 6.07 Å². The normalized spacial score (nSPS) is 17.7. The molecule has 2 nitrogen and oxygen atoms in total. The summed E-state index contributed by atoms with van der Waals surface area (Å²) in [7, 11) is 0. The van der Waals surface area contributed by atoms with Crippen LogP contribution in [0.5, 0.6) is 0 Å². The third-order valence-electron chi connectivity index (χ3n) is 7.34. The lowest BCUT2D eigenvalue weighted by molar-refractivity contribution is -0.167. The molecule has 8 heteroatoms. The zero-order valence-electron chi connectivity index (χ0n) is 20.6. The molecular weight excluding hydrogens is 478 g/mol. The van der Waals surface area contributed by atoms with E-state index >= 15 is 0 Å². The molecule has 0 amide bonds. The van der Waals surface area contributed by atoms with E-state index in [0.717, 1.165) is 26.1 Å². The van der Waals surface area contributed by atoms with Gasteiger partial charge in [0.25, 0.3) is 0 Å². The molecule has 2 fully saturated rings. The maximum atomic E-state index is 13.9. The first-order chi connectivity index (χ1) is 16.9. The molecule has 2 aliphatic carbocycles. The second-order valence-corrected chi connectivity index (χ2v) is 9.72. The summed E-state index contributed by atoms with van der Waals surface area (Å²) in [5.74, 6) is 0. The minimum absolute atomic E-state index is 0.137. The molecule has 0 bridgehead atoms. The van der Waals surface area contributed by atoms with Gasteiger partial charge >= 0.3 is 12.4 Å². The van der Waals surface area contributed by atoms with E-state index in [2.05, 4.69) is 11.8 Å². The van der Waals surface area contributed by atoms with E-state index in [-0.39, 0.29) is 36.8 Å². The fraction of sp³-hybridized carbons (Fsp3) is 0.536. The van der Waals surface area contributed by atoms with Crippen LogP contribution in [0.2, 0.25) is 0 Å². The van der Waals surface area contributed by atoms with Gasteiger partial charge in [-0.1, -0.05) is 55.5 Å². The Labute approximate surface area is 208 Å². The topological polar surface area (TPSA) is 27.0 Å². The standard InChI is InChI=1S/C26H29F6N.C2H3N/c1-2-33(18-20-7-4-3-5-8-20)16-6-9-19-10-11-21(23(12-13-23)25(27,28)29)22(17-19)24(14-15-24)26(30,31)32;1-2-3/h3-5,7-8,10-11,17H,2,6,9,12-16,18H2,1H3;1H3. The predicted octanol–water partition coefficient (Wildman–Crippen LogP) is 7.86. The molecule has 0 unspecified atom stereocenters. The number of hydrogen-bond acceptors (Lipinski definition) is 2. The van der Waals surface area contributed by atoms with Crippen molar-refractivity contribution < 1.29 is 26.3 Å². The van der Waals surface area contributed by atoms with Crippen molar-refractivity contribution in [3.05, 3.63) is 70.8 Å². The molecule has 0 N–H and O–H groups in total. The van der Waals surface area contributed by atoms with Crippen LogP contribution < -0.4 is 0 Å². The SMILES string of the molecule is CC#N.CCN(CCCc1ccc(C2(C(F)(F)F)CC2)c(C2(C(F)(F)F)CC2)c1)Cc1ccccc1. The Balaban J connectivity index is 0.00000115. The smallest absolute Gasteiger partial charge is 0.299 e. The maximum Gasteiger partial charge on any atom is 0.398 e. The van der Waals surface area contributed by atoms with Crippen LogP contribution in [0.25, 0.3) is 0 Å². The predicted molar refractivity (Wildman–Crippen MR) is 127 cm³/mol. The van der Waals surface area contributed by atoms with Gasteiger partial charge in [-0.25, -0.2) is 0 Å². The van der Waals surface area contributed by atoms with Crippen LogP contribution in [-0.4, -0.2) is 30.3 Å². The van der Waals surface area contributed by atoms with Crippen molar-refractivity contribution in [2.75, 3.05) is 13.1 Å². The Morgan fingerprint density at radius 2 is 1.36 bits per heavy atom. The average molecular weight is 511 g/mol. The van der Waals surface area contributed by atoms with Crippen LogP contribution in [0, 0.1) is 11.3 Å². The Hall–Kier alpha value is -2.53. The molecule has 0 atom stereocenters. The van der Waals surface area contributed by atoms with E-state index < -0.39 is 23.2 Å². The molecule has 0 radical (unpaired) electrons. The molecular formula is C28H32F6N2. The second-order valence-electron chi connectivity index (χ2n) is 9.72. The van der Waals surface area contributed by atoms with Gasteiger partial charge in [-0.2, -0.15) is 31.6 Å². The third kappa shape index (κ3) is 5.88. The van der Waals surface area contributed by atoms with Crippen molar-refractivity contribution in [2.45, 2.75) is 82.1 Å². The van der Waals surface area contributed by atoms with Gasteiger partial charge in [0.15, 0.2) is 0 Å². The molecule has 2 aromatic carbocycles. The monoisotopic (exact) mass is 510 g/mol. The van der Waals surface area contributed by atoms with Crippen molar-refractivity contribution in [3.63, 3.8) is 0 Å². The van der Waals surface area contributed by atoms with Gasteiger partial charge in [-0.05, 0) is 73.9 Å². The van der Waals surface area contributed by atoms with E-state index in [1.807, 2.05) is 30.3 Å². The highest BCUT2D eigenvalue weighted by atomic mass is 19.4. The van der Waals surface area contributed by atoms with Crippen molar-refractivity contribution in [2.24, 2.45) is 0 Å². The van der Waals surface area contributed by atoms with E-state index in [1.165, 1.54) is 24.6 Å². The largest absolute Gasteiger partial charge is 0.398 e. The summed E-state index contributed by atoms with van der Waals surface area (Å²) >= 11 is 0. The van der Waals surface area contributed by atoms with Gasteiger partial charge in [-0.3, -0.25) is 4.90 Å². The summed E-state index contributed by atoms with van der Waals surface area (Å²) in [6.45, 7) is 5.87. The molecule has 0 aliphatic heterocycles.